The molecule has 7 heteroatoms. The van der Waals surface area contributed by atoms with Crippen LogP contribution in [0.2, 0.25) is 0 Å². The van der Waals surface area contributed by atoms with Crippen LogP contribution in [0.15, 0.2) is 72.8 Å². The number of pyridine rings is 1. The minimum atomic E-state index is -0.261. The Morgan fingerprint density at radius 1 is 0.918 bits per heavy atom. The van der Waals surface area contributed by atoms with Crippen LogP contribution in [0.3, 0.4) is 0 Å². The smallest absolute Gasteiger partial charge is 0.162 e. The van der Waals surface area contributed by atoms with Crippen LogP contribution < -0.4 is 0 Å². The number of rotatable bonds is 8. The number of aromatic nitrogens is 3. The molecule has 1 N–H and O–H groups in total. The summed E-state index contributed by atoms with van der Waals surface area (Å²) < 4.78 is 16.3. The van der Waals surface area contributed by atoms with E-state index in [4.69, 9.17) is 4.98 Å². The molecule has 257 valence electrons. The summed E-state index contributed by atoms with van der Waals surface area (Å²) in [6.07, 6.45) is 7.49. The predicted octanol–water partition coefficient (Wildman–Crippen LogP) is 11.3. The van der Waals surface area contributed by atoms with Crippen LogP contribution >= 0.6 is 0 Å². The van der Waals surface area contributed by atoms with Gasteiger partial charge in [0.25, 0.3) is 0 Å². The second-order valence-corrected chi connectivity index (χ2v) is 14.2. The van der Waals surface area contributed by atoms with Crippen molar-refractivity contribution in [1.29, 1.82) is 0 Å². The summed E-state index contributed by atoms with van der Waals surface area (Å²) in [5.74, 6) is 0.287. The van der Waals surface area contributed by atoms with Gasteiger partial charge in [-0.1, -0.05) is 95.6 Å². The Balaban J connectivity index is 0.000000252. The Kier molecular flexibility index (Phi) is 10.8. The van der Waals surface area contributed by atoms with Crippen LogP contribution in [-0.4, -0.2) is 25.3 Å². The number of aliphatic hydroxyl groups excluding tert-OH is 1. The monoisotopic (exact) mass is 835 g/mol. The number of fused-ring (bicyclic) bond motifs is 7. The van der Waals surface area contributed by atoms with Crippen LogP contribution in [-0.2, 0) is 31.3 Å². The first kappa shape index (κ1) is 36.4. The number of carbonyl (C=O) groups excluding carboxylic acids is 1. The minimum Gasteiger partial charge on any atom is -0.512 e. The van der Waals surface area contributed by atoms with Gasteiger partial charge in [-0.3, -0.25) is 9.78 Å². The van der Waals surface area contributed by atoms with Gasteiger partial charge in [-0.2, -0.15) is 0 Å². The maximum absolute atomic E-state index is 14.0. The Labute approximate surface area is 301 Å². The molecule has 1 radical (unpaired) electrons. The van der Waals surface area contributed by atoms with Crippen molar-refractivity contribution in [3.63, 3.8) is 0 Å². The van der Waals surface area contributed by atoms with E-state index in [9.17, 15) is 14.3 Å². The predicted molar refractivity (Wildman–Crippen MR) is 198 cm³/mol. The van der Waals surface area contributed by atoms with Gasteiger partial charge in [0.1, 0.15) is 6.33 Å². The van der Waals surface area contributed by atoms with Crippen molar-refractivity contribution in [2.24, 2.45) is 17.3 Å². The van der Waals surface area contributed by atoms with Crippen molar-refractivity contribution in [2.45, 2.75) is 80.6 Å². The number of hydrogen-bond acceptors (Lipinski definition) is 4. The fourth-order valence-corrected chi connectivity index (χ4v) is 7.25. The standard InChI is InChI=1S/C29H21FN3.C13H24O2.Ir/c1-29(2,3)14-18-12-22-26-27(32-15-31-22)21-11-17-10-19(30)9-8-16(17)13-24(21)33-23-7-5-4-6-20(23)25(18)28(26)33;1-5-10(6-2)12(14)9-13(15)11(7-3)8-4;/h4-10,12-13,15H,14H2,1-3H3;9-11,14H,5-8H2,1-4H3;/q-1;;/b;12-9-;. The molecule has 5 nitrogen and oxygen atoms in total. The van der Waals surface area contributed by atoms with Crippen LogP contribution in [0.4, 0.5) is 4.39 Å². The Morgan fingerprint density at radius 2 is 1.61 bits per heavy atom. The molecule has 0 fully saturated rings. The number of carbonyl (C=O) groups is 1. The van der Waals surface area contributed by atoms with E-state index >= 15 is 0 Å². The summed E-state index contributed by atoms with van der Waals surface area (Å²) in [7, 11) is 0. The summed E-state index contributed by atoms with van der Waals surface area (Å²) in [4.78, 5) is 21.1. The van der Waals surface area contributed by atoms with Crippen LogP contribution in [0.5, 0.6) is 0 Å². The average molecular weight is 835 g/mol. The van der Waals surface area contributed by atoms with E-state index in [0.717, 1.165) is 81.2 Å². The number of allylic oxidation sites excluding steroid dienone is 2. The van der Waals surface area contributed by atoms with E-state index < -0.39 is 0 Å². The molecule has 0 unspecified atom stereocenters. The molecule has 4 aromatic carbocycles. The maximum atomic E-state index is 14.0. The van der Waals surface area contributed by atoms with Crippen molar-refractivity contribution in [3.8, 4) is 0 Å². The number of aliphatic hydroxyl groups is 1. The molecule has 3 heterocycles. The third-order valence-corrected chi connectivity index (χ3v) is 9.72. The van der Waals surface area contributed by atoms with Crippen LogP contribution in [0, 0.1) is 29.1 Å². The zero-order valence-corrected chi connectivity index (χ0v) is 31.8. The number of ketones is 1. The van der Waals surface area contributed by atoms with Crippen molar-refractivity contribution in [2.75, 3.05) is 0 Å². The molecule has 0 aliphatic heterocycles. The van der Waals surface area contributed by atoms with Crippen molar-refractivity contribution >= 4 is 65.7 Å². The van der Waals surface area contributed by atoms with E-state index in [-0.39, 0.29) is 54.7 Å². The second-order valence-electron chi connectivity index (χ2n) is 14.2. The number of halogens is 1. The molecule has 0 aliphatic carbocycles. The average Bonchev–Trinajstić information content (AvgIpc) is 3.41. The molecule has 49 heavy (non-hydrogen) atoms. The van der Waals surface area contributed by atoms with Crippen molar-refractivity contribution in [1.82, 2.24) is 14.4 Å². The summed E-state index contributed by atoms with van der Waals surface area (Å²) in [5, 5.41) is 15.9. The Hall–Kier alpha value is -3.93. The van der Waals surface area contributed by atoms with E-state index in [0.29, 0.717) is 0 Å². The van der Waals surface area contributed by atoms with E-state index in [1.165, 1.54) is 28.5 Å². The molecule has 0 bridgehead atoms. The van der Waals surface area contributed by atoms with Crippen LogP contribution in [0.1, 0.15) is 79.7 Å². The van der Waals surface area contributed by atoms with Crippen molar-refractivity contribution in [3.05, 3.63) is 90.2 Å². The molecular formula is C42H45FIrN3O2-. The van der Waals surface area contributed by atoms with Gasteiger partial charge in [-0.15, -0.1) is 11.5 Å². The first-order valence-corrected chi connectivity index (χ1v) is 17.3. The first-order chi connectivity index (χ1) is 23.0. The summed E-state index contributed by atoms with van der Waals surface area (Å²) >= 11 is 0. The molecule has 0 aliphatic rings. The molecular weight excluding hydrogens is 790 g/mol. The molecule has 0 saturated heterocycles. The summed E-state index contributed by atoms with van der Waals surface area (Å²) in [6.45, 7) is 14.9. The first-order valence-electron chi connectivity index (χ1n) is 17.3. The minimum absolute atomic E-state index is 0. The third kappa shape index (κ3) is 6.80. The second kappa shape index (κ2) is 14.5. The Morgan fingerprint density at radius 3 is 2.29 bits per heavy atom. The topological polar surface area (TPSA) is 67.5 Å². The molecule has 3 aromatic heterocycles. The van der Waals surface area contributed by atoms with Gasteiger partial charge in [-0.25, -0.2) is 9.37 Å². The van der Waals surface area contributed by atoms with Gasteiger partial charge in [0.15, 0.2) is 5.78 Å². The van der Waals surface area contributed by atoms with Gasteiger partial charge < -0.3 is 9.51 Å². The van der Waals surface area contributed by atoms with Crippen LogP contribution in [0.25, 0.3) is 59.9 Å². The molecule has 0 amide bonds. The van der Waals surface area contributed by atoms with Gasteiger partial charge in [-0.05, 0) is 66.8 Å². The SMILES string of the molecule is CC(C)(C)Cc1cc2ncnc3c4[c-]c5cc(F)ccc5cc4n4c5ccccc5c1c4c23.CCC(CC)C(=O)/C=C(\O)C(CC)CC.[Ir]. The normalized spacial score (nSPS) is 12.6. The summed E-state index contributed by atoms with van der Waals surface area (Å²) in [6, 6.07) is 21.3. The van der Waals surface area contributed by atoms with Gasteiger partial charge in [0.05, 0.1) is 22.6 Å². The van der Waals surface area contributed by atoms with Crippen molar-refractivity contribution < 1.29 is 34.4 Å². The maximum Gasteiger partial charge on any atom is 0.162 e. The van der Waals surface area contributed by atoms with Gasteiger partial charge in [0, 0.05) is 65.2 Å². The number of nitrogens with zero attached hydrogens (tertiary/aromatic N) is 3. The largest absolute Gasteiger partial charge is 0.512 e. The molecule has 0 saturated carbocycles. The van der Waals surface area contributed by atoms with E-state index in [1.54, 1.807) is 12.4 Å². The Bertz CT molecular complexity index is 2310. The van der Waals surface area contributed by atoms with E-state index in [2.05, 4.69) is 72.6 Å². The number of benzene rings is 4. The molecule has 7 aromatic rings. The summed E-state index contributed by atoms with van der Waals surface area (Å²) in [5.41, 5.74) is 6.58. The van der Waals surface area contributed by atoms with Gasteiger partial charge >= 0.3 is 0 Å². The fraction of sp³-hybridized carbons (Fsp3) is 0.357. The zero-order chi connectivity index (χ0) is 34.3. The third-order valence-electron chi connectivity index (χ3n) is 9.72. The molecule has 7 rings (SSSR count). The fourth-order valence-electron chi connectivity index (χ4n) is 7.25. The number of para-hydroxylation sites is 1. The zero-order valence-electron chi connectivity index (χ0n) is 29.4. The quantitative estimate of drug-likeness (QED) is 0.0544. The van der Waals surface area contributed by atoms with Gasteiger partial charge in [0.2, 0.25) is 0 Å². The van der Waals surface area contributed by atoms with E-state index in [1.807, 2.05) is 33.8 Å². The molecule has 0 atom stereocenters. The number of hydrogen-bond donors (Lipinski definition) is 1. The molecule has 0 spiro atoms.